The number of hydrogen-bond donors (Lipinski definition) is 1. The SMILES string of the molecule is Cc1cccc(C(C)(C=O)NC(=O)OC(C)(C)C)c1Cl. The van der Waals surface area contributed by atoms with Crippen LogP contribution in [-0.2, 0) is 15.1 Å². The maximum Gasteiger partial charge on any atom is 0.408 e. The Morgan fingerprint density at radius 2 is 1.90 bits per heavy atom. The topological polar surface area (TPSA) is 55.4 Å². The van der Waals surface area contributed by atoms with E-state index in [1.165, 1.54) is 0 Å². The number of halogens is 1. The smallest absolute Gasteiger partial charge is 0.408 e. The number of aryl methyl sites for hydroxylation is 1. The van der Waals surface area contributed by atoms with E-state index >= 15 is 0 Å². The predicted molar refractivity (Wildman–Crippen MR) is 79.0 cm³/mol. The second-order valence-electron chi connectivity index (χ2n) is 5.88. The van der Waals surface area contributed by atoms with Gasteiger partial charge in [0.15, 0.2) is 0 Å². The highest BCUT2D eigenvalue weighted by molar-refractivity contribution is 6.32. The summed E-state index contributed by atoms with van der Waals surface area (Å²) >= 11 is 6.22. The lowest BCUT2D eigenvalue weighted by Crippen LogP contribution is -2.47. The van der Waals surface area contributed by atoms with Crippen LogP contribution in [0, 0.1) is 6.92 Å². The highest BCUT2D eigenvalue weighted by Gasteiger charge is 2.32. The van der Waals surface area contributed by atoms with Gasteiger partial charge in [-0.2, -0.15) is 0 Å². The van der Waals surface area contributed by atoms with Crippen molar-refractivity contribution in [2.45, 2.75) is 45.8 Å². The van der Waals surface area contributed by atoms with Crippen LogP contribution in [0.4, 0.5) is 4.79 Å². The molecule has 1 unspecified atom stereocenters. The van der Waals surface area contributed by atoms with E-state index in [0.29, 0.717) is 16.9 Å². The van der Waals surface area contributed by atoms with Crippen molar-refractivity contribution in [3.63, 3.8) is 0 Å². The van der Waals surface area contributed by atoms with Crippen LogP contribution in [0.25, 0.3) is 0 Å². The third-order valence-corrected chi connectivity index (χ3v) is 3.25. The average molecular weight is 298 g/mol. The number of hydrogen-bond acceptors (Lipinski definition) is 3. The van der Waals surface area contributed by atoms with E-state index in [1.54, 1.807) is 39.8 Å². The molecule has 0 bridgehead atoms. The molecule has 1 amide bonds. The van der Waals surface area contributed by atoms with E-state index in [2.05, 4.69) is 5.32 Å². The Balaban J connectivity index is 3.06. The molecule has 0 aliphatic carbocycles. The Morgan fingerprint density at radius 3 is 2.40 bits per heavy atom. The fourth-order valence-electron chi connectivity index (χ4n) is 1.72. The molecule has 1 rings (SSSR count). The van der Waals surface area contributed by atoms with Gasteiger partial charge < -0.3 is 14.8 Å². The summed E-state index contributed by atoms with van der Waals surface area (Å²) in [5.74, 6) is 0. The maximum absolute atomic E-state index is 11.9. The second-order valence-corrected chi connectivity index (χ2v) is 6.26. The molecule has 0 aliphatic rings. The first kappa shape index (κ1) is 16.5. The molecule has 1 atom stereocenters. The van der Waals surface area contributed by atoms with Gasteiger partial charge in [-0.15, -0.1) is 0 Å². The van der Waals surface area contributed by atoms with Crippen molar-refractivity contribution in [2.75, 3.05) is 0 Å². The molecular weight excluding hydrogens is 278 g/mol. The largest absolute Gasteiger partial charge is 0.444 e. The summed E-state index contributed by atoms with van der Waals surface area (Å²) in [6, 6.07) is 5.33. The fourth-order valence-corrected chi connectivity index (χ4v) is 2.05. The molecule has 1 aromatic carbocycles. The molecule has 5 heteroatoms. The number of carbonyl (C=O) groups is 2. The van der Waals surface area contributed by atoms with Crippen LogP contribution in [0.2, 0.25) is 5.02 Å². The van der Waals surface area contributed by atoms with E-state index in [4.69, 9.17) is 16.3 Å². The summed E-state index contributed by atoms with van der Waals surface area (Å²) in [6.07, 6.45) is -0.0120. The summed E-state index contributed by atoms with van der Waals surface area (Å²) in [5.41, 5.74) is -0.487. The first-order chi connectivity index (χ1) is 9.09. The number of aldehydes is 1. The van der Waals surface area contributed by atoms with Crippen molar-refractivity contribution < 1.29 is 14.3 Å². The molecular formula is C15H20ClNO3. The highest BCUT2D eigenvalue weighted by atomic mass is 35.5. The van der Waals surface area contributed by atoms with Gasteiger partial charge in [-0.3, -0.25) is 0 Å². The zero-order valence-electron chi connectivity index (χ0n) is 12.4. The van der Waals surface area contributed by atoms with Crippen molar-refractivity contribution in [3.8, 4) is 0 Å². The molecule has 0 fully saturated rings. The minimum absolute atomic E-state index is 0.457. The Labute approximate surface area is 124 Å². The lowest BCUT2D eigenvalue weighted by atomic mass is 9.92. The Bertz CT molecular complexity index is 522. The van der Waals surface area contributed by atoms with E-state index in [1.807, 2.05) is 13.0 Å². The van der Waals surface area contributed by atoms with Crippen LogP contribution < -0.4 is 5.32 Å². The summed E-state index contributed by atoms with van der Waals surface area (Å²) in [6.45, 7) is 8.69. The summed E-state index contributed by atoms with van der Waals surface area (Å²) in [7, 11) is 0. The summed E-state index contributed by atoms with van der Waals surface area (Å²) < 4.78 is 5.17. The molecule has 0 radical (unpaired) electrons. The van der Waals surface area contributed by atoms with Gasteiger partial charge in [-0.05, 0) is 40.2 Å². The molecule has 4 nitrogen and oxygen atoms in total. The first-order valence-corrected chi connectivity index (χ1v) is 6.70. The fraction of sp³-hybridized carbons (Fsp3) is 0.467. The van der Waals surface area contributed by atoms with Crippen LogP contribution in [0.1, 0.15) is 38.8 Å². The molecule has 0 aliphatic heterocycles. The summed E-state index contributed by atoms with van der Waals surface area (Å²) in [4.78, 5) is 23.3. The molecule has 0 spiro atoms. The van der Waals surface area contributed by atoms with Crippen LogP contribution in [-0.4, -0.2) is 18.0 Å². The zero-order chi connectivity index (χ0) is 15.6. The Kier molecular flexibility index (Phi) is 4.81. The van der Waals surface area contributed by atoms with Gasteiger partial charge >= 0.3 is 6.09 Å². The minimum atomic E-state index is -1.23. The summed E-state index contributed by atoms with van der Waals surface area (Å²) in [5, 5.41) is 3.03. The number of alkyl carbamates (subject to hydrolysis) is 1. The number of ether oxygens (including phenoxy) is 1. The molecule has 110 valence electrons. The van der Waals surface area contributed by atoms with Gasteiger partial charge in [0.1, 0.15) is 17.4 Å². The average Bonchev–Trinajstić information content (AvgIpc) is 2.29. The van der Waals surface area contributed by atoms with Crippen LogP contribution in [0.15, 0.2) is 18.2 Å². The number of rotatable bonds is 3. The number of benzene rings is 1. The lowest BCUT2D eigenvalue weighted by Gasteiger charge is -2.28. The molecule has 0 saturated carbocycles. The highest BCUT2D eigenvalue weighted by Crippen LogP contribution is 2.29. The molecule has 0 saturated heterocycles. The second kappa shape index (κ2) is 5.83. The van der Waals surface area contributed by atoms with Crippen molar-refractivity contribution >= 4 is 24.0 Å². The van der Waals surface area contributed by atoms with Gasteiger partial charge in [-0.1, -0.05) is 29.8 Å². The minimum Gasteiger partial charge on any atom is -0.444 e. The third-order valence-electron chi connectivity index (χ3n) is 2.75. The quantitative estimate of drug-likeness (QED) is 0.868. The van der Waals surface area contributed by atoms with Crippen LogP contribution in [0.3, 0.4) is 0 Å². The standard InChI is InChI=1S/C15H20ClNO3/c1-10-7-6-8-11(12(10)16)15(5,9-18)17-13(19)20-14(2,3)4/h6-9H,1-5H3,(H,17,19). The van der Waals surface area contributed by atoms with Gasteiger partial charge in [0.05, 0.1) is 0 Å². The van der Waals surface area contributed by atoms with Gasteiger partial charge in [0, 0.05) is 10.6 Å². The van der Waals surface area contributed by atoms with Crippen molar-refractivity contribution in [2.24, 2.45) is 0 Å². The van der Waals surface area contributed by atoms with Crippen molar-refractivity contribution in [1.82, 2.24) is 5.32 Å². The van der Waals surface area contributed by atoms with E-state index < -0.39 is 17.2 Å². The van der Waals surface area contributed by atoms with Crippen molar-refractivity contribution in [3.05, 3.63) is 34.3 Å². The molecule has 0 aromatic heterocycles. The molecule has 0 heterocycles. The number of carbonyl (C=O) groups excluding carboxylic acids is 2. The van der Waals surface area contributed by atoms with E-state index in [0.717, 1.165) is 5.56 Å². The van der Waals surface area contributed by atoms with Crippen LogP contribution >= 0.6 is 11.6 Å². The van der Waals surface area contributed by atoms with Gasteiger partial charge in [-0.25, -0.2) is 4.79 Å². The number of amides is 1. The monoisotopic (exact) mass is 297 g/mol. The van der Waals surface area contributed by atoms with Crippen molar-refractivity contribution in [1.29, 1.82) is 0 Å². The third kappa shape index (κ3) is 3.97. The Morgan fingerprint density at radius 1 is 1.30 bits per heavy atom. The molecule has 20 heavy (non-hydrogen) atoms. The maximum atomic E-state index is 11.9. The first-order valence-electron chi connectivity index (χ1n) is 6.32. The normalized spacial score (nSPS) is 14.3. The molecule has 1 N–H and O–H groups in total. The zero-order valence-corrected chi connectivity index (χ0v) is 13.2. The lowest BCUT2D eigenvalue weighted by molar-refractivity contribution is -0.113. The number of nitrogens with one attached hydrogen (secondary N) is 1. The Hall–Kier alpha value is -1.55. The predicted octanol–water partition coefficient (Wildman–Crippen LogP) is 3.59. The van der Waals surface area contributed by atoms with Crippen LogP contribution in [0.5, 0.6) is 0 Å². The molecule has 1 aromatic rings. The van der Waals surface area contributed by atoms with E-state index in [9.17, 15) is 9.59 Å². The van der Waals surface area contributed by atoms with Gasteiger partial charge in [0.25, 0.3) is 0 Å². The van der Waals surface area contributed by atoms with Gasteiger partial charge in [0.2, 0.25) is 0 Å². The van der Waals surface area contributed by atoms with E-state index in [-0.39, 0.29) is 0 Å².